The third kappa shape index (κ3) is 4.86. The number of urea groups is 1. The van der Waals surface area contributed by atoms with E-state index in [1.807, 2.05) is 45.0 Å². The summed E-state index contributed by atoms with van der Waals surface area (Å²) < 4.78 is 11.5. The van der Waals surface area contributed by atoms with Gasteiger partial charge in [-0.15, -0.1) is 0 Å². The summed E-state index contributed by atoms with van der Waals surface area (Å²) in [6.45, 7) is 5.64. The van der Waals surface area contributed by atoms with Gasteiger partial charge in [0.05, 0.1) is 23.8 Å². The van der Waals surface area contributed by atoms with E-state index < -0.39 is 12.0 Å². The van der Waals surface area contributed by atoms with Gasteiger partial charge < -0.3 is 20.1 Å². The molecule has 3 rings (SSSR count). The number of ether oxygens (including phenoxy) is 2. The standard InChI is InChI=1S/C22H30N2O4/c1-4-7-18-19(21(25)27-14(2)3)20(24-22(26)23-18)15-10-12-17(13-11-15)28-16-8-5-6-9-16/h10-14,16,20H,4-9H2,1-3H3,(H2,23,24,26). The van der Waals surface area contributed by atoms with Crippen molar-refractivity contribution in [2.75, 3.05) is 0 Å². The Labute approximate surface area is 166 Å². The third-order valence-electron chi connectivity index (χ3n) is 5.03. The fourth-order valence-corrected chi connectivity index (χ4v) is 3.77. The lowest BCUT2D eigenvalue weighted by atomic mass is 9.93. The molecule has 1 aliphatic heterocycles. The molecule has 6 heteroatoms. The molecule has 6 nitrogen and oxygen atoms in total. The van der Waals surface area contributed by atoms with Crippen LogP contribution in [0.25, 0.3) is 0 Å². The molecule has 1 heterocycles. The van der Waals surface area contributed by atoms with E-state index in [0.717, 1.165) is 30.6 Å². The highest BCUT2D eigenvalue weighted by molar-refractivity contribution is 5.95. The minimum Gasteiger partial charge on any atom is -0.490 e. The Kier molecular flexibility index (Phi) is 6.60. The van der Waals surface area contributed by atoms with Crippen LogP contribution >= 0.6 is 0 Å². The monoisotopic (exact) mass is 386 g/mol. The zero-order valence-corrected chi connectivity index (χ0v) is 16.9. The largest absolute Gasteiger partial charge is 0.490 e. The maximum Gasteiger partial charge on any atom is 0.338 e. The molecule has 1 atom stereocenters. The van der Waals surface area contributed by atoms with Gasteiger partial charge in [0, 0.05) is 5.70 Å². The van der Waals surface area contributed by atoms with Gasteiger partial charge in [-0.25, -0.2) is 9.59 Å². The molecular formula is C22H30N2O4. The van der Waals surface area contributed by atoms with Crippen molar-refractivity contribution in [3.05, 3.63) is 41.1 Å². The van der Waals surface area contributed by atoms with Crippen LogP contribution in [0, 0.1) is 0 Å². The number of carbonyl (C=O) groups excluding carboxylic acids is 2. The molecule has 2 N–H and O–H groups in total. The van der Waals surface area contributed by atoms with Gasteiger partial charge in [0.25, 0.3) is 0 Å². The van der Waals surface area contributed by atoms with Crippen LogP contribution in [0.4, 0.5) is 4.79 Å². The van der Waals surface area contributed by atoms with Gasteiger partial charge >= 0.3 is 12.0 Å². The smallest absolute Gasteiger partial charge is 0.338 e. The molecule has 0 radical (unpaired) electrons. The van der Waals surface area contributed by atoms with Crippen LogP contribution in [-0.2, 0) is 9.53 Å². The van der Waals surface area contributed by atoms with Crippen LogP contribution < -0.4 is 15.4 Å². The molecule has 1 aromatic carbocycles. The van der Waals surface area contributed by atoms with Crippen molar-refractivity contribution in [1.29, 1.82) is 0 Å². The SMILES string of the molecule is CCCC1=C(C(=O)OC(C)C)C(c2ccc(OC3CCCC3)cc2)NC(=O)N1. The van der Waals surface area contributed by atoms with E-state index in [9.17, 15) is 9.59 Å². The Hall–Kier alpha value is -2.50. The lowest BCUT2D eigenvalue weighted by molar-refractivity contribution is -0.143. The van der Waals surface area contributed by atoms with E-state index in [1.54, 1.807) is 0 Å². The molecule has 0 aromatic heterocycles. The number of nitrogens with one attached hydrogen (secondary N) is 2. The van der Waals surface area contributed by atoms with Crippen molar-refractivity contribution in [3.63, 3.8) is 0 Å². The summed E-state index contributed by atoms with van der Waals surface area (Å²) in [4.78, 5) is 25.0. The summed E-state index contributed by atoms with van der Waals surface area (Å²) in [5, 5.41) is 5.65. The Morgan fingerprint density at radius 2 is 1.86 bits per heavy atom. The number of hydrogen-bond donors (Lipinski definition) is 2. The molecule has 0 bridgehead atoms. The average molecular weight is 386 g/mol. The van der Waals surface area contributed by atoms with Crippen molar-refractivity contribution >= 4 is 12.0 Å². The van der Waals surface area contributed by atoms with Crippen molar-refractivity contribution in [2.24, 2.45) is 0 Å². The van der Waals surface area contributed by atoms with Crippen LogP contribution in [0.5, 0.6) is 5.75 Å². The lowest BCUT2D eigenvalue weighted by Crippen LogP contribution is -2.46. The highest BCUT2D eigenvalue weighted by atomic mass is 16.5. The van der Waals surface area contributed by atoms with Crippen LogP contribution in [0.2, 0.25) is 0 Å². The zero-order valence-electron chi connectivity index (χ0n) is 16.9. The van der Waals surface area contributed by atoms with Gasteiger partial charge in [-0.2, -0.15) is 0 Å². The fourth-order valence-electron chi connectivity index (χ4n) is 3.77. The van der Waals surface area contributed by atoms with Crippen molar-refractivity contribution in [1.82, 2.24) is 10.6 Å². The van der Waals surface area contributed by atoms with Gasteiger partial charge in [0.2, 0.25) is 0 Å². The molecule has 0 saturated heterocycles. The molecule has 1 unspecified atom stereocenters. The van der Waals surface area contributed by atoms with E-state index >= 15 is 0 Å². The zero-order chi connectivity index (χ0) is 20.1. The topological polar surface area (TPSA) is 76.7 Å². The van der Waals surface area contributed by atoms with Crippen molar-refractivity contribution in [2.45, 2.75) is 77.5 Å². The Morgan fingerprint density at radius 1 is 1.18 bits per heavy atom. The molecule has 152 valence electrons. The average Bonchev–Trinajstić information content (AvgIpc) is 3.14. The number of carbonyl (C=O) groups is 2. The molecular weight excluding hydrogens is 356 g/mol. The fraction of sp³-hybridized carbons (Fsp3) is 0.545. The Bertz CT molecular complexity index is 733. The predicted octanol–water partition coefficient (Wildman–Crippen LogP) is 4.37. The van der Waals surface area contributed by atoms with Gasteiger partial charge in [-0.05, 0) is 63.6 Å². The van der Waals surface area contributed by atoms with Gasteiger partial charge in [-0.3, -0.25) is 0 Å². The summed E-state index contributed by atoms with van der Waals surface area (Å²) in [6, 6.07) is 6.79. The quantitative estimate of drug-likeness (QED) is 0.682. The first-order chi connectivity index (χ1) is 13.5. The summed E-state index contributed by atoms with van der Waals surface area (Å²) in [7, 11) is 0. The highest BCUT2D eigenvalue weighted by Crippen LogP contribution is 2.31. The second-order valence-electron chi connectivity index (χ2n) is 7.72. The first-order valence-electron chi connectivity index (χ1n) is 10.3. The second-order valence-corrected chi connectivity index (χ2v) is 7.72. The third-order valence-corrected chi connectivity index (χ3v) is 5.03. The Morgan fingerprint density at radius 3 is 2.46 bits per heavy atom. The van der Waals surface area contributed by atoms with Crippen molar-refractivity contribution < 1.29 is 19.1 Å². The number of benzene rings is 1. The van der Waals surface area contributed by atoms with E-state index in [-0.39, 0.29) is 18.2 Å². The van der Waals surface area contributed by atoms with Gasteiger partial charge in [-0.1, -0.05) is 25.5 Å². The van der Waals surface area contributed by atoms with E-state index in [4.69, 9.17) is 9.47 Å². The lowest BCUT2D eigenvalue weighted by Gasteiger charge is -2.30. The molecule has 2 aliphatic rings. The summed E-state index contributed by atoms with van der Waals surface area (Å²) in [6.07, 6.45) is 6.11. The molecule has 1 saturated carbocycles. The van der Waals surface area contributed by atoms with Crippen LogP contribution in [-0.4, -0.2) is 24.2 Å². The van der Waals surface area contributed by atoms with E-state index in [0.29, 0.717) is 17.7 Å². The molecule has 1 fully saturated rings. The van der Waals surface area contributed by atoms with Crippen LogP contribution in [0.15, 0.2) is 35.5 Å². The second kappa shape index (κ2) is 9.13. The van der Waals surface area contributed by atoms with Crippen LogP contribution in [0.3, 0.4) is 0 Å². The highest BCUT2D eigenvalue weighted by Gasteiger charge is 2.33. The first-order valence-corrected chi connectivity index (χ1v) is 10.3. The number of allylic oxidation sites excluding steroid dienone is 1. The van der Waals surface area contributed by atoms with Crippen LogP contribution in [0.1, 0.15) is 70.9 Å². The van der Waals surface area contributed by atoms with E-state index in [2.05, 4.69) is 10.6 Å². The minimum atomic E-state index is -0.540. The minimum absolute atomic E-state index is 0.233. The van der Waals surface area contributed by atoms with E-state index in [1.165, 1.54) is 12.8 Å². The van der Waals surface area contributed by atoms with Crippen molar-refractivity contribution in [3.8, 4) is 5.75 Å². The summed E-state index contributed by atoms with van der Waals surface area (Å²) in [5.74, 6) is 0.419. The number of esters is 1. The number of amides is 2. The molecule has 28 heavy (non-hydrogen) atoms. The van der Waals surface area contributed by atoms with Gasteiger partial charge in [0.15, 0.2) is 0 Å². The molecule has 1 aromatic rings. The predicted molar refractivity (Wildman–Crippen MR) is 107 cm³/mol. The molecule has 2 amide bonds. The first kappa shape index (κ1) is 20.2. The van der Waals surface area contributed by atoms with Gasteiger partial charge in [0.1, 0.15) is 5.75 Å². The summed E-state index contributed by atoms with van der Waals surface area (Å²) in [5.41, 5.74) is 1.94. The molecule has 1 aliphatic carbocycles. The Balaban J connectivity index is 1.86. The summed E-state index contributed by atoms with van der Waals surface area (Å²) >= 11 is 0. The normalized spacial score (nSPS) is 20.1. The maximum absolute atomic E-state index is 12.8. The number of hydrogen-bond acceptors (Lipinski definition) is 4. The number of rotatable bonds is 7. The molecule has 0 spiro atoms. The maximum atomic E-state index is 12.8.